The van der Waals surface area contributed by atoms with Crippen molar-refractivity contribution >= 4 is 22.3 Å². The Balaban J connectivity index is 1.28. The van der Waals surface area contributed by atoms with Gasteiger partial charge in [-0.25, -0.2) is 14.1 Å². The minimum absolute atomic E-state index is 0.0280. The summed E-state index contributed by atoms with van der Waals surface area (Å²) in [5.74, 6) is 0.507. The number of hydrogen-bond acceptors (Lipinski definition) is 8. The fraction of sp³-hybridized carbons (Fsp3) is 0.303. The van der Waals surface area contributed by atoms with Crippen molar-refractivity contribution in [2.75, 3.05) is 32.0 Å². The van der Waals surface area contributed by atoms with Crippen molar-refractivity contribution in [1.29, 1.82) is 0 Å². The highest BCUT2D eigenvalue weighted by Crippen LogP contribution is 2.41. The van der Waals surface area contributed by atoms with Crippen molar-refractivity contribution in [3.8, 4) is 17.1 Å². The second-order valence-electron chi connectivity index (χ2n) is 11.8. The Hall–Kier alpha value is -4.74. The first kappa shape index (κ1) is 28.1. The van der Waals surface area contributed by atoms with E-state index in [-0.39, 0.29) is 22.5 Å². The van der Waals surface area contributed by atoms with Crippen LogP contribution < -0.4 is 16.4 Å². The van der Waals surface area contributed by atoms with Crippen LogP contribution in [-0.4, -0.2) is 61.9 Å². The Bertz CT molecular complexity index is 2040. The number of benzene rings is 1. The van der Waals surface area contributed by atoms with Gasteiger partial charge >= 0.3 is 0 Å². The van der Waals surface area contributed by atoms with E-state index in [1.807, 2.05) is 12.1 Å². The molecule has 44 heavy (non-hydrogen) atoms. The highest BCUT2D eigenvalue weighted by atomic mass is 19.1. The number of pyridine rings is 2. The van der Waals surface area contributed by atoms with Gasteiger partial charge in [-0.3, -0.25) is 19.1 Å². The van der Waals surface area contributed by atoms with Gasteiger partial charge < -0.3 is 15.3 Å². The standard InChI is InChI=1S/C33H32FN7O3/c1-39-9-6-19-11-20(17-39)12-29(36-16-19)37-28-15-27(38-40(2)32(28)43)24-5-8-35-31(25(24)18-42)41-10-7-22-13-23(21-3-4-21)14-26(34)30(22)33(41)44/h5,7-8,10-15,21,42H,3-4,6,9,16-18H2,1-2H3,(H,36,37). The van der Waals surface area contributed by atoms with Crippen LogP contribution in [0.2, 0.25) is 0 Å². The smallest absolute Gasteiger partial charge is 0.290 e. The molecule has 4 aromatic rings. The third-order valence-corrected chi connectivity index (χ3v) is 8.48. The fourth-order valence-electron chi connectivity index (χ4n) is 6.02. The van der Waals surface area contributed by atoms with Gasteiger partial charge in [0.15, 0.2) is 0 Å². The summed E-state index contributed by atoms with van der Waals surface area (Å²) in [7, 11) is 3.63. The number of rotatable bonds is 5. The van der Waals surface area contributed by atoms with Crippen molar-refractivity contribution in [2.24, 2.45) is 12.0 Å². The van der Waals surface area contributed by atoms with Crippen LogP contribution in [0, 0.1) is 5.82 Å². The van der Waals surface area contributed by atoms with E-state index in [0.29, 0.717) is 40.5 Å². The number of aryl methyl sites for hydroxylation is 1. The fourth-order valence-corrected chi connectivity index (χ4v) is 6.02. The van der Waals surface area contributed by atoms with Gasteiger partial charge in [0.25, 0.3) is 11.1 Å². The molecule has 0 atom stereocenters. The molecule has 2 aliphatic heterocycles. The van der Waals surface area contributed by atoms with Gasteiger partial charge in [-0.2, -0.15) is 5.10 Å². The van der Waals surface area contributed by atoms with Crippen molar-refractivity contribution in [3.05, 3.63) is 104 Å². The van der Waals surface area contributed by atoms with Crippen LogP contribution in [0.3, 0.4) is 0 Å². The van der Waals surface area contributed by atoms with Gasteiger partial charge in [0, 0.05) is 43.7 Å². The minimum atomic E-state index is -0.571. The molecule has 2 bridgehead atoms. The number of halogens is 1. The molecule has 0 spiro atoms. The van der Waals surface area contributed by atoms with Crippen LogP contribution in [-0.2, 0) is 13.7 Å². The summed E-state index contributed by atoms with van der Waals surface area (Å²) in [6, 6.07) is 8.29. The predicted octanol–water partition coefficient (Wildman–Crippen LogP) is 3.67. The molecule has 0 radical (unpaired) electrons. The van der Waals surface area contributed by atoms with Crippen molar-refractivity contribution < 1.29 is 9.50 Å². The van der Waals surface area contributed by atoms with Gasteiger partial charge in [0.2, 0.25) is 0 Å². The number of nitrogens with one attached hydrogen (secondary N) is 1. The van der Waals surface area contributed by atoms with Gasteiger partial charge in [-0.15, -0.1) is 0 Å². The molecule has 2 N–H and O–H groups in total. The van der Waals surface area contributed by atoms with Crippen LogP contribution in [0.25, 0.3) is 27.8 Å². The number of aliphatic hydroxyl groups excluding tert-OH is 1. The number of hydrogen-bond donors (Lipinski definition) is 2. The molecule has 0 saturated heterocycles. The van der Waals surface area contributed by atoms with E-state index in [1.54, 1.807) is 31.4 Å². The first-order valence-electron chi connectivity index (χ1n) is 14.7. The first-order chi connectivity index (χ1) is 21.3. The summed E-state index contributed by atoms with van der Waals surface area (Å²) < 4.78 is 17.7. The topological polar surface area (TPSA) is 118 Å². The molecule has 5 heterocycles. The number of fused-ring (bicyclic) bond motifs is 2. The summed E-state index contributed by atoms with van der Waals surface area (Å²) in [5.41, 5.74) is 3.77. The second-order valence-corrected chi connectivity index (χ2v) is 11.8. The second kappa shape index (κ2) is 11.1. The lowest BCUT2D eigenvalue weighted by atomic mass is 10.0. The summed E-state index contributed by atoms with van der Waals surface area (Å²) >= 11 is 0. The van der Waals surface area contributed by atoms with E-state index >= 15 is 4.39 Å². The number of amidine groups is 1. The maximum atomic E-state index is 15.2. The molecule has 10 nitrogen and oxygen atoms in total. The monoisotopic (exact) mass is 593 g/mol. The van der Waals surface area contributed by atoms with Gasteiger partial charge in [0.1, 0.15) is 23.2 Å². The first-order valence-corrected chi connectivity index (χ1v) is 14.7. The summed E-state index contributed by atoms with van der Waals surface area (Å²) in [5, 5.41) is 18.7. The molecule has 7 rings (SSSR count). The number of nitrogens with zero attached hydrogens (tertiary/aromatic N) is 6. The van der Waals surface area contributed by atoms with E-state index in [1.165, 1.54) is 27.1 Å². The Labute approximate surface area is 252 Å². The SMILES string of the molecule is CN1CCC2=CC(=CC(Nc3cc(-c4ccnc(-n5ccc6cc(C7CC7)cc(F)c6c5=O)c4CO)nn(C)c3=O)=NC2)C1. The Kier molecular flexibility index (Phi) is 7.06. The molecular formula is C33H32FN7O3. The third-order valence-electron chi connectivity index (χ3n) is 8.48. The van der Waals surface area contributed by atoms with Crippen molar-refractivity contribution in [3.63, 3.8) is 0 Å². The van der Waals surface area contributed by atoms with Gasteiger partial charge in [-0.1, -0.05) is 12.1 Å². The molecule has 0 unspecified atom stereocenters. The summed E-state index contributed by atoms with van der Waals surface area (Å²) in [6.07, 6.45) is 10.2. The van der Waals surface area contributed by atoms with Gasteiger partial charge in [-0.05, 0) is 84.7 Å². The quantitative estimate of drug-likeness (QED) is 0.363. The maximum Gasteiger partial charge on any atom is 0.290 e. The van der Waals surface area contributed by atoms with Crippen LogP contribution in [0.1, 0.15) is 36.3 Å². The zero-order valence-electron chi connectivity index (χ0n) is 24.5. The molecule has 1 saturated carbocycles. The number of anilines is 1. The Morgan fingerprint density at radius 3 is 2.73 bits per heavy atom. The largest absolute Gasteiger partial charge is 0.392 e. The Morgan fingerprint density at radius 1 is 1.09 bits per heavy atom. The number of aromatic nitrogens is 4. The van der Waals surface area contributed by atoms with Crippen molar-refractivity contribution in [1.82, 2.24) is 24.2 Å². The minimum Gasteiger partial charge on any atom is -0.392 e. The molecule has 11 heteroatoms. The lowest BCUT2D eigenvalue weighted by molar-refractivity contribution is 0.281. The zero-order valence-corrected chi connectivity index (χ0v) is 24.5. The lowest BCUT2D eigenvalue weighted by Gasteiger charge is -2.16. The molecule has 3 aliphatic rings. The highest BCUT2D eigenvalue weighted by molar-refractivity contribution is 6.05. The lowest BCUT2D eigenvalue weighted by Crippen LogP contribution is -2.27. The molecule has 1 fully saturated rings. The zero-order chi connectivity index (χ0) is 30.5. The summed E-state index contributed by atoms with van der Waals surface area (Å²) in [6.45, 7) is 1.82. The van der Waals surface area contributed by atoms with Crippen LogP contribution >= 0.6 is 0 Å². The summed E-state index contributed by atoms with van der Waals surface area (Å²) in [4.78, 5) is 38.1. The van der Waals surface area contributed by atoms with E-state index < -0.39 is 18.0 Å². The molecule has 0 amide bonds. The molecule has 3 aromatic heterocycles. The average Bonchev–Trinajstić information content (AvgIpc) is 3.87. The van der Waals surface area contributed by atoms with E-state index in [2.05, 4.69) is 33.4 Å². The average molecular weight is 594 g/mol. The molecule has 1 aromatic carbocycles. The third kappa shape index (κ3) is 5.18. The maximum absolute atomic E-state index is 15.2. The van der Waals surface area contributed by atoms with E-state index in [9.17, 15) is 14.7 Å². The number of likely N-dealkylation sites (N-methyl/N-ethyl adjacent to an activating group) is 1. The predicted molar refractivity (Wildman–Crippen MR) is 168 cm³/mol. The number of aliphatic imine (C=N–C) groups is 1. The van der Waals surface area contributed by atoms with Gasteiger partial charge in [0.05, 0.1) is 24.2 Å². The highest BCUT2D eigenvalue weighted by Gasteiger charge is 2.26. The van der Waals surface area contributed by atoms with Crippen LogP contribution in [0.5, 0.6) is 0 Å². The van der Waals surface area contributed by atoms with Crippen LogP contribution in [0.15, 0.2) is 80.6 Å². The number of aliphatic hydroxyl groups is 1. The van der Waals surface area contributed by atoms with E-state index in [4.69, 9.17) is 4.99 Å². The molecule has 224 valence electrons. The Morgan fingerprint density at radius 2 is 1.93 bits per heavy atom. The van der Waals surface area contributed by atoms with Crippen LogP contribution in [0.4, 0.5) is 10.1 Å². The molecular weight excluding hydrogens is 561 g/mol. The van der Waals surface area contributed by atoms with Crippen molar-refractivity contribution in [2.45, 2.75) is 31.8 Å². The van der Waals surface area contributed by atoms with E-state index in [0.717, 1.165) is 43.5 Å². The molecule has 1 aliphatic carbocycles. The normalized spacial score (nSPS) is 17.0.